The first-order chi connectivity index (χ1) is 18.6. The number of rotatable bonds is 10. The van der Waals surface area contributed by atoms with Crippen LogP contribution in [0.25, 0.3) is 27.1 Å². The van der Waals surface area contributed by atoms with Gasteiger partial charge in [0.2, 0.25) is 0 Å². The predicted molar refractivity (Wildman–Crippen MR) is 154 cm³/mol. The molecule has 5 aromatic rings. The lowest BCUT2D eigenvalue weighted by atomic mass is 10.1. The fraction of sp³-hybridized carbons (Fsp3) is 0.161. The second-order valence-corrected chi connectivity index (χ2v) is 9.73. The number of benzene rings is 4. The van der Waals surface area contributed by atoms with E-state index in [1.807, 2.05) is 54.6 Å². The van der Waals surface area contributed by atoms with E-state index in [0.29, 0.717) is 25.1 Å². The van der Waals surface area contributed by atoms with Crippen LogP contribution >= 0.6 is 11.3 Å². The third-order valence-corrected chi connectivity index (χ3v) is 7.17. The third-order valence-electron chi connectivity index (χ3n) is 6.20. The first-order valence-corrected chi connectivity index (χ1v) is 13.1. The number of methoxy groups -OCH3 is 2. The van der Waals surface area contributed by atoms with Crippen molar-refractivity contribution in [2.24, 2.45) is 0 Å². The van der Waals surface area contributed by atoms with Gasteiger partial charge in [-0.15, -0.1) is 0 Å². The van der Waals surface area contributed by atoms with E-state index in [2.05, 4.69) is 29.6 Å². The summed E-state index contributed by atoms with van der Waals surface area (Å²) in [7, 11) is 3.05. The first kappa shape index (κ1) is 25.3. The number of hydrogen-bond donors (Lipinski definition) is 1. The molecular weight excluding hydrogens is 496 g/mol. The van der Waals surface area contributed by atoms with Crippen molar-refractivity contribution < 1.29 is 19.0 Å². The zero-order chi connectivity index (χ0) is 26.3. The van der Waals surface area contributed by atoms with Crippen LogP contribution in [0, 0.1) is 0 Å². The Bertz CT molecular complexity index is 1590. The van der Waals surface area contributed by atoms with Crippen molar-refractivity contribution in [3.63, 3.8) is 0 Å². The Labute approximate surface area is 225 Å². The second-order valence-electron chi connectivity index (χ2n) is 8.70. The molecule has 38 heavy (non-hydrogen) atoms. The first-order valence-electron chi connectivity index (χ1n) is 12.3. The average molecular weight is 525 g/mol. The smallest absolute Gasteiger partial charge is 0.337 e. The van der Waals surface area contributed by atoms with Crippen LogP contribution in [0.1, 0.15) is 22.3 Å². The van der Waals surface area contributed by atoms with Crippen molar-refractivity contribution in [3.05, 3.63) is 102 Å². The number of thiazole rings is 1. The number of aromatic nitrogens is 1. The van der Waals surface area contributed by atoms with Gasteiger partial charge in [0.05, 0.1) is 36.6 Å². The van der Waals surface area contributed by atoms with E-state index in [-0.39, 0.29) is 5.97 Å². The highest BCUT2D eigenvalue weighted by Crippen LogP contribution is 2.30. The molecule has 0 aliphatic carbocycles. The van der Waals surface area contributed by atoms with Crippen molar-refractivity contribution in [2.45, 2.75) is 6.42 Å². The minimum absolute atomic E-state index is 0.349. The van der Waals surface area contributed by atoms with Gasteiger partial charge in [0.15, 0.2) is 5.13 Å². The molecule has 0 saturated carbocycles. The summed E-state index contributed by atoms with van der Waals surface area (Å²) in [6, 6.07) is 27.6. The summed E-state index contributed by atoms with van der Waals surface area (Å²) in [5, 5.41) is 6.57. The zero-order valence-electron chi connectivity index (χ0n) is 21.3. The van der Waals surface area contributed by atoms with Crippen LogP contribution in [0.2, 0.25) is 0 Å². The standard InChI is InChI=1S/C31H28N2O4S/c1-35-25-14-15-27-29(19-25)38-31(33-27)32-20-22(18-21-10-12-24(13-11-21)30(34)36-2)16-17-37-28-9-5-7-23-6-3-4-8-26(23)28/h3-15,18-19H,16-17,20H2,1-2H3,(H,32,33)/b22-18+. The summed E-state index contributed by atoms with van der Waals surface area (Å²) < 4.78 is 17.4. The number of anilines is 1. The average Bonchev–Trinajstić information content (AvgIpc) is 3.38. The molecule has 5 rings (SSSR count). The van der Waals surface area contributed by atoms with Crippen LogP contribution in [-0.4, -0.2) is 38.3 Å². The molecule has 6 nitrogen and oxygen atoms in total. The molecule has 7 heteroatoms. The lowest BCUT2D eigenvalue weighted by Crippen LogP contribution is -2.08. The van der Waals surface area contributed by atoms with Crippen LogP contribution in [0.4, 0.5) is 5.13 Å². The Hall–Kier alpha value is -4.36. The zero-order valence-corrected chi connectivity index (χ0v) is 22.1. The second kappa shape index (κ2) is 11.8. The number of fused-ring (bicyclic) bond motifs is 2. The van der Waals surface area contributed by atoms with E-state index >= 15 is 0 Å². The van der Waals surface area contributed by atoms with Crippen molar-refractivity contribution in [1.82, 2.24) is 4.98 Å². The summed E-state index contributed by atoms with van der Waals surface area (Å²) in [4.78, 5) is 16.5. The lowest BCUT2D eigenvalue weighted by Gasteiger charge is -2.12. The molecule has 0 aliphatic heterocycles. The Morgan fingerprint density at radius 1 is 0.974 bits per heavy atom. The van der Waals surface area contributed by atoms with E-state index in [1.54, 1.807) is 30.6 Å². The molecule has 0 saturated heterocycles. The molecule has 4 aromatic carbocycles. The Morgan fingerprint density at radius 2 is 1.79 bits per heavy atom. The highest BCUT2D eigenvalue weighted by atomic mass is 32.1. The van der Waals surface area contributed by atoms with Crippen LogP contribution in [0.15, 0.2) is 90.5 Å². The fourth-order valence-electron chi connectivity index (χ4n) is 4.19. The number of esters is 1. The summed E-state index contributed by atoms with van der Waals surface area (Å²) in [6.45, 7) is 1.13. The minimum atomic E-state index is -0.349. The minimum Gasteiger partial charge on any atom is -0.497 e. The molecule has 1 heterocycles. The molecule has 0 radical (unpaired) electrons. The molecule has 0 fully saturated rings. The van der Waals surface area contributed by atoms with Gasteiger partial charge >= 0.3 is 5.97 Å². The highest BCUT2D eigenvalue weighted by Gasteiger charge is 2.09. The normalized spacial score (nSPS) is 11.5. The van der Waals surface area contributed by atoms with Gasteiger partial charge in [-0.25, -0.2) is 9.78 Å². The summed E-state index contributed by atoms with van der Waals surface area (Å²) in [5.74, 6) is 1.34. The van der Waals surface area contributed by atoms with E-state index in [0.717, 1.165) is 48.8 Å². The molecular formula is C31H28N2O4S. The van der Waals surface area contributed by atoms with Crippen LogP contribution in [0.5, 0.6) is 11.5 Å². The van der Waals surface area contributed by atoms with Gasteiger partial charge in [-0.3, -0.25) is 0 Å². The summed E-state index contributed by atoms with van der Waals surface area (Å²) in [6.07, 6.45) is 2.84. The Morgan fingerprint density at radius 3 is 2.61 bits per heavy atom. The lowest BCUT2D eigenvalue weighted by molar-refractivity contribution is 0.0600. The van der Waals surface area contributed by atoms with E-state index in [9.17, 15) is 4.79 Å². The maximum atomic E-state index is 11.8. The maximum absolute atomic E-state index is 11.8. The van der Waals surface area contributed by atoms with Crippen molar-refractivity contribution in [1.29, 1.82) is 0 Å². The van der Waals surface area contributed by atoms with Gasteiger partial charge < -0.3 is 19.5 Å². The van der Waals surface area contributed by atoms with Gasteiger partial charge in [-0.05, 0) is 52.9 Å². The Kier molecular flexibility index (Phi) is 7.85. The SMILES string of the molecule is COC(=O)c1ccc(/C=C(\CCOc2cccc3ccccc23)CNc2nc3ccc(OC)cc3s2)cc1. The van der Waals surface area contributed by atoms with Gasteiger partial charge in [-0.2, -0.15) is 0 Å². The number of nitrogens with one attached hydrogen (secondary N) is 1. The van der Waals surface area contributed by atoms with E-state index in [4.69, 9.17) is 19.2 Å². The quantitative estimate of drug-likeness (QED) is 0.195. The monoisotopic (exact) mass is 524 g/mol. The van der Waals surface area contributed by atoms with Crippen LogP contribution in [-0.2, 0) is 4.74 Å². The number of carbonyl (C=O) groups excluding carboxylic acids is 1. The summed E-state index contributed by atoms with van der Waals surface area (Å²) >= 11 is 1.59. The molecule has 192 valence electrons. The molecule has 0 spiro atoms. The molecule has 0 aliphatic rings. The fourth-order valence-corrected chi connectivity index (χ4v) is 5.08. The molecule has 1 aromatic heterocycles. The molecule has 0 bridgehead atoms. The van der Waals surface area contributed by atoms with Crippen LogP contribution < -0.4 is 14.8 Å². The number of hydrogen-bond acceptors (Lipinski definition) is 7. The number of ether oxygens (including phenoxy) is 3. The topological polar surface area (TPSA) is 69.7 Å². The maximum Gasteiger partial charge on any atom is 0.337 e. The molecule has 0 amide bonds. The van der Waals surface area contributed by atoms with Crippen molar-refractivity contribution in [3.8, 4) is 11.5 Å². The van der Waals surface area contributed by atoms with Gasteiger partial charge in [0.25, 0.3) is 0 Å². The molecule has 0 atom stereocenters. The summed E-state index contributed by atoms with van der Waals surface area (Å²) in [5.41, 5.74) is 3.59. The predicted octanol–water partition coefficient (Wildman–Crippen LogP) is 7.21. The van der Waals surface area contributed by atoms with Crippen molar-refractivity contribution >= 4 is 49.5 Å². The van der Waals surface area contributed by atoms with E-state index < -0.39 is 0 Å². The third kappa shape index (κ3) is 5.95. The van der Waals surface area contributed by atoms with Gasteiger partial charge in [0.1, 0.15) is 11.5 Å². The number of carbonyl (C=O) groups is 1. The molecule has 1 N–H and O–H groups in total. The molecule has 0 unspecified atom stereocenters. The Balaban J connectivity index is 1.33. The highest BCUT2D eigenvalue weighted by molar-refractivity contribution is 7.22. The largest absolute Gasteiger partial charge is 0.497 e. The van der Waals surface area contributed by atoms with E-state index in [1.165, 1.54) is 7.11 Å². The van der Waals surface area contributed by atoms with Crippen LogP contribution in [0.3, 0.4) is 0 Å². The number of nitrogens with zero attached hydrogens (tertiary/aromatic N) is 1. The van der Waals surface area contributed by atoms with Crippen molar-refractivity contribution in [2.75, 3.05) is 32.7 Å². The van der Waals surface area contributed by atoms with Gasteiger partial charge in [-0.1, -0.05) is 65.9 Å². The van der Waals surface area contributed by atoms with Gasteiger partial charge in [0, 0.05) is 18.4 Å².